The molecule has 0 saturated heterocycles. The van der Waals surface area contributed by atoms with E-state index < -0.39 is 12.1 Å². The first-order chi connectivity index (χ1) is 12.0. The number of rotatable bonds is 7. The number of para-hydroxylation sites is 1. The molecule has 5 heteroatoms. The van der Waals surface area contributed by atoms with Crippen LogP contribution in [0.5, 0.6) is 5.75 Å². The van der Waals surface area contributed by atoms with E-state index in [1.807, 2.05) is 32.0 Å². The molecule has 0 bridgehead atoms. The van der Waals surface area contributed by atoms with E-state index in [-0.39, 0.29) is 18.2 Å². The van der Waals surface area contributed by atoms with Gasteiger partial charge in [0.05, 0.1) is 13.5 Å². The Hall–Kier alpha value is -2.82. The Morgan fingerprint density at radius 2 is 1.64 bits per heavy atom. The van der Waals surface area contributed by atoms with Crippen molar-refractivity contribution in [1.29, 1.82) is 0 Å². The smallest absolute Gasteiger partial charge is 0.311 e. The lowest BCUT2D eigenvalue weighted by Gasteiger charge is -2.21. The number of methoxy groups -OCH3 is 1. The number of hydrogen-bond acceptors (Lipinski definition) is 4. The highest BCUT2D eigenvalue weighted by molar-refractivity contribution is 5.95. The maximum atomic E-state index is 12.4. The summed E-state index contributed by atoms with van der Waals surface area (Å²) in [6.45, 7) is 3.69. The van der Waals surface area contributed by atoms with Gasteiger partial charge >= 0.3 is 5.97 Å². The summed E-state index contributed by atoms with van der Waals surface area (Å²) in [5.74, 6) is -0.181. The van der Waals surface area contributed by atoms with E-state index in [1.54, 1.807) is 43.5 Å². The van der Waals surface area contributed by atoms with Gasteiger partial charge in [0.2, 0.25) is 0 Å². The van der Waals surface area contributed by atoms with E-state index in [4.69, 9.17) is 9.47 Å². The Morgan fingerprint density at radius 3 is 2.20 bits per heavy atom. The molecule has 0 aliphatic carbocycles. The molecular weight excluding hydrogens is 318 g/mol. The summed E-state index contributed by atoms with van der Waals surface area (Å²) in [6.07, 6.45) is -0.739. The molecule has 2 aromatic rings. The summed E-state index contributed by atoms with van der Waals surface area (Å²) in [5, 5.41) is 2.77. The first kappa shape index (κ1) is 18.5. The van der Waals surface area contributed by atoms with Crippen LogP contribution in [0.4, 0.5) is 5.69 Å². The van der Waals surface area contributed by atoms with E-state index in [2.05, 4.69) is 5.32 Å². The Balaban J connectivity index is 1.97. The molecule has 0 heterocycles. The minimum atomic E-state index is -0.842. The Bertz CT molecular complexity index is 695. The van der Waals surface area contributed by atoms with Gasteiger partial charge in [-0.15, -0.1) is 0 Å². The van der Waals surface area contributed by atoms with Crippen molar-refractivity contribution in [3.8, 4) is 5.75 Å². The third-order valence-corrected chi connectivity index (χ3v) is 3.67. The summed E-state index contributed by atoms with van der Waals surface area (Å²) in [5.41, 5.74) is 1.47. The molecule has 0 saturated carbocycles. The first-order valence-electron chi connectivity index (χ1n) is 8.18. The Labute approximate surface area is 148 Å². The zero-order chi connectivity index (χ0) is 18.2. The predicted molar refractivity (Wildman–Crippen MR) is 96.5 cm³/mol. The van der Waals surface area contributed by atoms with Crippen molar-refractivity contribution in [2.24, 2.45) is 5.92 Å². The zero-order valence-electron chi connectivity index (χ0n) is 14.7. The van der Waals surface area contributed by atoms with Crippen LogP contribution >= 0.6 is 0 Å². The average Bonchev–Trinajstić information content (AvgIpc) is 2.61. The molecule has 0 aromatic heterocycles. The molecule has 0 radical (unpaired) electrons. The van der Waals surface area contributed by atoms with Crippen LogP contribution in [-0.4, -0.2) is 25.1 Å². The fourth-order valence-electron chi connectivity index (χ4n) is 2.32. The standard InChI is InChI=1S/C20H23NO4/c1-14(2)19(20(23)21-16-7-5-4-6-8-16)25-18(22)13-15-9-11-17(24-3)12-10-15/h4-12,14,19H,13H2,1-3H3,(H,21,23)/t19-/m0/s1. The van der Waals surface area contributed by atoms with Crippen molar-refractivity contribution in [3.05, 3.63) is 60.2 Å². The van der Waals surface area contributed by atoms with Crippen molar-refractivity contribution >= 4 is 17.6 Å². The number of nitrogens with one attached hydrogen (secondary N) is 1. The van der Waals surface area contributed by atoms with Crippen molar-refractivity contribution in [2.45, 2.75) is 26.4 Å². The summed E-state index contributed by atoms with van der Waals surface area (Å²) in [4.78, 5) is 24.6. The molecular formula is C20H23NO4. The van der Waals surface area contributed by atoms with Crippen LogP contribution in [-0.2, 0) is 20.7 Å². The van der Waals surface area contributed by atoms with Gasteiger partial charge in [-0.25, -0.2) is 0 Å². The largest absolute Gasteiger partial charge is 0.497 e. The van der Waals surface area contributed by atoms with E-state index in [0.717, 1.165) is 11.3 Å². The third kappa shape index (κ3) is 5.64. The van der Waals surface area contributed by atoms with Crippen LogP contribution in [0.25, 0.3) is 0 Å². The third-order valence-electron chi connectivity index (χ3n) is 3.67. The van der Waals surface area contributed by atoms with Gasteiger partial charge in [0.25, 0.3) is 5.91 Å². The molecule has 0 spiro atoms. The number of anilines is 1. The van der Waals surface area contributed by atoms with E-state index in [9.17, 15) is 9.59 Å². The van der Waals surface area contributed by atoms with E-state index in [1.165, 1.54) is 0 Å². The van der Waals surface area contributed by atoms with E-state index >= 15 is 0 Å². The average molecular weight is 341 g/mol. The zero-order valence-corrected chi connectivity index (χ0v) is 14.7. The molecule has 1 amide bonds. The highest BCUT2D eigenvalue weighted by Gasteiger charge is 2.26. The Morgan fingerprint density at radius 1 is 1.00 bits per heavy atom. The first-order valence-corrected chi connectivity index (χ1v) is 8.18. The van der Waals surface area contributed by atoms with Gasteiger partial charge in [0, 0.05) is 5.69 Å². The topological polar surface area (TPSA) is 64.6 Å². The molecule has 0 unspecified atom stereocenters. The minimum Gasteiger partial charge on any atom is -0.497 e. The lowest BCUT2D eigenvalue weighted by Crippen LogP contribution is -2.37. The monoisotopic (exact) mass is 341 g/mol. The summed E-state index contributed by atoms with van der Waals surface area (Å²) < 4.78 is 10.5. The molecule has 2 aromatic carbocycles. The van der Waals surface area contributed by atoms with Gasteiger partial charge in [-0.2, -0.15) is 0 Å². The van der Waals surface area contributed by atoms with Crippen LogP contribution in [0.3, 0.4) is 0 Å². The fourth-order valence-corrected chi connectivity index (χ4v) is 2.32. The van der Waals surface area contributed by atoms with Gasteiger partial charge < -0.3 is 14.8 Å². The van der Waals surface area contributed by atoms with Crippen LogP contribution in [0.1, 0.15) is 19.4 Å². The molecule has 0 fully saturated rings. The van der Waals surface area contributed by atoms with Crippen LogP contribution in [0.2, 0.25) is 0 Å². The van der Waals surface area contributed by atoms with E-state index in [0.29, 0.717) is 5.69 Å². The molecule has 0 aliphatic heterocycles. The lowest BCUT2D eigenvalue weighted by atomic mass is 10.1. The normalized spacial score (nSPS) is 11.7. The quantitative estimate of drug-likeness (QED) is 0.784. The van der Waals surface area contributed by atoms with Crippen LogP contribution in [0, 0.1) is 5.92 Å². The number of hydrogen-bond donors (Lipinski definition) is 1. The Kier molecular flexibility index (Phi) is 6.57. The maximum Gasteiger partial charge on any atom is 0.311 e. The van der Waals surface area contributed by atoms with Gasteiger partial charge in [0.15, 0.2) is 6.10 Å². The maximum absolute atomic E-state index is 12.4. The number of esters is 1. The number of carbonyl (C=O) groups excluding carboxylic acids is 2. The fraction of sp³-hybridized carbons (Fsp3) is 0.300. The summed E-state index contributed by atoms with van der Waals surface area (Å²) in [6, 6.07) is 16.3. The van der Waals surface area contributed by atoms with Crippen molar-refractivity contribution in [1.82, 2.24) is 0 Å². The van der Waals surface area contributed by atoms with Gasteiger partial charge in [-0.05, 0) is 35.7 Å². The molecule has 1 N–H and O–H groups in total. The lowest BCUT2D eigenvalue weighted by molar-refractivity contribution is -0.156. The van der Waals surface area contributed by atoms with Crippen molar-refractivity contribution in [2.75, 3.05) is 12.4 Å². The molecule has 5 nitrogen and oxygen atoms in total. The van der Waals surface area contributed by atoms with Gasteiger partial charge in [0.1, 0.15) is 5.75 Å². The SMILES string of the molecule is COc1ccc(CC(=O)O[C@H](C(=O)Nc2ccccc2)C(C)C)cc1. The highest BCUT2D eigenvalue weighted by Crippen LogP contribution is 2.15. The molecule has 0 aliphatic rings. The van der Waals surface area contributed by atoms with Crippen molar-refractivity contribution < 1.29 is 19.1 Å². The summed E-state index contributed by atoms with van der Waals surface area (Å²) in [7, 11) is 1.59. The van der Waals surface area contributed by atoms with Gasteiger partial charge in [-0.1, -0.05) is 44.2 Å². The molecule has 2 rings (SSSR count). The molecule has 1 atom stereocenters. The number of benzene rings is 2. The van der Waals surface area contributed by atoms with Crippen LogP contribution < -0.4 is 10.1 Å². The number of carbonyl (C=O) groups is 2. The highest BCUT2D eigenvalue weighted by atomic mass is 16.5. The predicted octanol–water partition coefficient (Wildman–Crippen LogP) is 3.44. The number of ether oxygens (including phenoxy) is 2. The second kappa shape index (κ2) is 8.87. The van der Waals surface area contributed by atoms with Crippen LogP contribution in [0.15, 0.2) is 54.6 Å². The summed E-state index contributed by atoms with van der Waals surface area (Å²) >= 11 is 0. The second-order valence-electron chi connectivity index (χ2n) is 6.03. The van der Waals surface area contributed by atoms with Gasteiger partial charge in [-0.3, -0.25) is 9.59 Å². The minimum absolute atomic E-state index is 0.103. The second-order valence-corrected chi connectivity index (χ2v) is 6.03. The molecule has 25 heavy (non-hydrogen) atoms. The number of amides is 1. The van der Waals surface area contributed by atoms with Crippen molar-refractivity contribution in [3.63, 3.8) is 0 Å². The molecule has 132 valence electrons.